The molecule has 0 radical (unpaired) electrons. The predicted molar refractivity (Wildman–Crippen MR) is 63.1 cm³/mol. The molecule has 0 aliphatic carbocycles. The van der Waals surface area contributed by atoms with Crippen LogP contribution in [0.2, 0.25) is 0 Å². The van der Waals surface area contributed by atoms with Gasteiger partial charge in [-0.15, -0.1) is 0 Å². The van der Waals surface area contributed by atoms with E-state index in [1.54, 1.807) is 0 Å². The summed E-state index contributed by atoms with van der Waals surface area (Å²) in [6, 6.07) is 0. The molecule has 3 nitrogen and oxygen atoms in total. The molecular weight excluding hydrogens is 204 g/mol. The first kappa shape index (κ1) is 13.5. The Hall–Kier alpha value is -0.570. The first-order chi connectivity index (χ1) is 7.56. The van der Waals surface area contributed by atoms with E-state index in [1.165, 1.54) is 12.8 Å². The fraction of sp³-hybridized carbons (Fsp3) is 0.923. The molecule has 0 aromatic heterocycles. The Morgan fingerprint density at radius 2 is 2.19 bits per heavy atom. The zero-order valence-electron chi connectivity index (χ0n) is 10.9. The third-order valence-electron chi connectivity index (χ3n) is 3.25. The smallest absolute Gasteiger partial charge is 0.335 e. The quantitative estimate of drug-likeness (QED) is 0.694. The molecule has 1 aliphatic rings. The van der Waals surface area contributed by atoms with Gasteiger partial charge in [0.2, 0.25) is 0 Å². The number of esters is 1. The summed E-state index contributed by atoms with van der Waals surface area (Å²) >= 11 is 0. The van der Waals surface area contributed by atoms with E-state index in [0.29, 0.717) is 12.5 Å². The molecule has 94 valence electrons. The van der Waals surface area contributed by atoms with Gasteiger partial charge in [0.1, 0.15) is 0 Å². The highest BCUT2D eigenvalue weighted by atomic mass is 16.6. The van der Waals surface area contributed by atoms with Crippen LogP contribution in [0.25, 0.3) is 0 Å². The highest BCUT2D eigenvalue weighted by molar-refractivity contribution is 5.75. The van der Waals surface area contributed by atoms with Crippen LogP contribution < -0.4 is 0 Å². The van der Waals surface area contributed by atoms with Crippen molar-refractivity contribution in [2.45, 2.75) is 59.2 Å². The summed E-state index contributed by atoms with van der Waals surface area (Å²) in [6.07, 6.45) is 3.00. The standard InChI is InChI=1S/C13H24O3/c1-5-6-11-7-8-15-12(10(11)4)13(14)16-9(2)3/h9-12H,5-8H2,1-4H3. The van der Waals surface area contributed by atoms with E-state index in [-0.39, 0.29) is 24.1 Å². The summed E-state index contributed by atoms with van der Waals surface area (Å²) in [4.78, 5) is 11.8. The number of ether oxygens (including phenoxy) is 2. The topological polar surface area (TPSA) is 35.5 Å². The van der Waals surface area contributed by atoms with Crippen molar-refractivity contribution in [2.75, 3.05) is 6.61 Å². The van der Waals surface area contributed by atoms with E-state index in [0.717, 1.165) is 6.42 Å². The van der Waals surface area contributed by atoms with Crippen molar-refractivity contribution in [1.29, 1.82) is 0 Å². The summed E-state index contributed by atoms with van der Waals surface area (Å²) in [7, 11) is 0. The van der Waals surface area contributed by atoms with Gasteiger partial charge in [0.05, 0.1) is 6.10 Å². The second kappa shape index (κ2) is 6.24. The highest BCUT2D eigenvalue weighted by Gasteiger charge is 2.36. The minimum absolute atomic E-state index is 0.0603. The summed E-state index contributed by atoms with van der Waals surface area (Å²) in [5.74, 6) is 0.687. The van der Waals surface area contributed by atoms with Gasteiger partial charge in [0.25, 0.3) is 0 Å². The van der Waals surface area contributed by atoms with Gasteiger partial charge in [-0.2, -0.15) is 0 Å². The molecule has 0 N–H and O–H groups in total. The van der Waals surface area contributed by atoms with Gasteiger partial charge in [-0.25, -0.2) is 4.79 Å². The Morgan fingerprint density at radius 1 is 1.50 bits per heavy atom. The Bertz CT molecular complexity index is 223. The largest absolute Gasteiger partial charge is 0.461 e. The first-order valence-corrected chi connectivity index (χ1v) is 6.38. The fourth-order valence-electron chi connectivity index (χ4n) is 2.37. The van der Waals surface area contributed by atoms with Gasteiger partial charge in [-0.1, -0.05) is 26.7 Å². The number of carbonyl (C=O) groups excluding carboxylic acids is 1. The average Bonchev–Trinajstić information content (AvgIpc) is 2.20. The lowest BCUT2D eigenvalue weighted by molar-refractivity contribution is -0.171. The lowest BCUT2D eigenvalue weighted by atomic mass is 9.82. The predicted octanol–water partition coefficient (Wildman–Crippen LogP) is 2.78. The van der Waals surface area contributed by atoms with E-state index in [2.05, 4.69) is 13.8 Å². The first-order valence-electron chi connectivity index (χ1n) is 6.38. The maximum Gasteiger partial charge on any atom is 0.335 e. The van der Waals surface area contributed by atoms with Crippen LogP contribution in [0.4, 0.5) is 0 Å². The molecule has 3 atom stereocenters. The molecule has 3 heteroatoms. The van der Waals surface area contributed by atoms with E-state index in [4.69, 9.17) is 9.47 Å². The molecule has 0 saturated carbocycles. The van der Waals surface area contributed by atoms with Gasteiger partial charge in [0, 0.05) is 6.61 Å². The summed E-state index contributed by atoms with van der Waals surface area (Å²) in [6.45, 7) is 8.71. The molecule has 1 heterocycles. The Balaban J connectivity index is 2.55. The third-order valence-corrected chi connectivity index (χ3v) is 3.25. The number of hydrogen-bond acceptors (Lipinski definition) is 3. The molecule has 1 fully saturated rings. The van der Waals surface area contributed by atoms with E-state index < -0.39 is 0 Å². The van der Waals surface area contributed by atoms with Crippen molar-refractivity contribution in [2.24, 2.45) is 11.8 Å². The molecule has 1 saturated heterocycles. The molecule has 16 heavy (non-hydrogen) atoms. The molecule has 0 aromatic carbocycles. The van der Waals surface area contributed by atoms with Crippen molar-refractivity contribution in [3.8, 4) is 0 Å². The van der Waals surface area contributed by atoms with Crippen molar-refractivity contribution in [3.05, 3.63) is 0 Å². The maximum absolute atomic E-state index is 11.8. The van der Waals surface area contributed by atoms with Crippen LogP contribution in [0, 0.1) is 11.8 Å². The van der Waals surface area contributed by atoms with E-state index in [1.807, 2.05) is 13.8 Å². The molecule has 0 aromatic rings. The third kappa shape index (κ3) is 3.48. The van der Waals surface area contributed by atoms with Crippen LogP contribution >= 0.6 is 0 Å². The van der Waals surface area contributed by atoms with Crippen molar-refractivity contribution in [3.63, 3.8) is 0 Å². The highest BCUT2D eigenvalue weighted by Crippen LogP contribution is 2.31. The van der Waals surface area contributed by atoms with Gasteiger partial charge in [-0.05, 0) is 32.1 Å². The summed E-state index contributed by atoms with van der Waals surface area (Å²) < 4.78 is 10.8. The fourth-order valence-corrected chi connectivity index (χ4v) is 2.37. The van der Waals surface area contributed by atoms with Gasteiger partial charge in [0.15, 0.2) is 6.10 Å². The normalized spacial score (nSPS) is 30.4. The van der Waals surface area contributed by atoms with Crippen LogP contribution in [0.5, 0.6) is 0 Å². The SMILES string of the molecule is CCCC1CCOC(C(=O)OC(C)C)C1C. The molecule has 0 spiro atoms. The zero-order chi connectivity index (χ0) is 12.1. The van der Waals surface area contributed by atoms with Crippen molar-refractivity contribution in [1.82, 2.24) is 0 Å². The second-order valence-corrected chi connectivity index (χ2v) is 4.97. The average molecular weight is 228 g/mol. The molecule has 3 unspecified atom stereocenters. The number of rotatable bonds is 4. The molecule has 1 rings (SSSR count). The molecule has 0 amide bonds. The molecule has 0 bridgehead atoms. The van der Waals surface area contributed by atoms with Crippen LogP contribution in [-0.2, 0) is 14.3 Å². The lowest BCUT2D eigenvalue weighted by Crippen LogP contribution is -2.41. The lowest BCUT2D eigenvalue weighted by Gasteiger charge is -2.34. The number of carbonyl (C=O) groups is 1. The Kier molecular flexibility index (Phi) is 5.26. The van der Waals surface area contributed by atoms with Crippen molar-refractivity contribution >= 4 is 5.97 Å². The zero-order valence-corrected chi connectivity index (χ0v) is 10.9. The van der Waals surface area contributed by atoms with Crippen LogP contribution in [0.3, 0.4) is 0 Å². The van der Waals surface area contributed by atoms with Gasteiger partial charge in [-0.3, -0.25) is 0 Å². The van der Waals surface area contributed by atoms with E-state index >= 15 is 0 Å². The van der Waals surface area contributed by atoms with E-state index in [9.17, 15) is 4.79 Å². The molecular formula is C13H24O3. The van der Waals surface area contributed by atoms with Crippen LogP contribution in [0.15, 0.2) is 0 Å². The number of hydrogen-bond donors (Lipinski definition) is 0. The molecule has 1 aliphatic heterocycles. The van der Waals surface area contributed by atoms with Crippen LogP contribution in [-0.4, -0.2) is 24.8 Å². The summed E-state index contributed by atoms with van der Waals surface area (Å²) in [5.41, 5.74) is 0. The summed E-state index contributed by atoms with van der Waals surface area (Å²) in [5, 5.41) is 0. The Labute approximate surface area is 98.5 Å². The van der Waals surface area contributed by atoms with Crippen LogP contribution in [0.1, 0.15) is 47.0 Å². The second-order valence-electron chi connectivity index (χ2n) is 4.97. The van der Waals surface area contributed by atoms with Gasteiger partial charge < -0.3 is 9.47 Å². The minimum Gasteiger partial charge on any atom is -0.461 e. The minimum atomic E-state index is -0.354. The van der Waals surface area contributed by atoms with Crippen molar-refractivity contribution < 1.29 is 14.3 Å². The van der Waals surface area contributed by atoms with Gasteiger partial charge >= 0.3 is 5.97 Å². The Morgan fingerprint density at radius 3 is 2.75 bits per heavy atom. The maximum atomic E-state index is 11.8. The monoisotopic (exact) mass is 228 g/mol.